The van der Waals surface area contributed by atoms with Crippen LogP contribution in [0.4, 0.5) is 0 Å². The minimum atomic E-state index is 0.648. The van der Waals surface area contributed by atoms with Crippen LogP contribution >= 0.6 is 0 Å². The van der Waals surface area contributed by atoms with Crippen LogP contribution in [0, 0.1) is 5.92 Å². The van der Waals surface area contributed by atoms with Gasteiger partial charge in [0.05, 0.1) is 0 Å². The van der Waals surface area contributed by atoms with Crippen LogP contribution in [0.15, 0.2) is 49.2 Å². The van der Waals surface area contributed by atoms with Crippen molar-refractivity contribution >= 4 is 10.8 Å². The maximum atomic E-state index is 4.63. The summed E-state index contributed by atoms with van der Waals surface area (Å²) in [6, 6.07) is 8.40. The minimum Gasteiger partial charge on any atom is -0.312 e. The molecule has 21 heavy (non-hydrogen) atoms. The molecule has 0 unspecified atom stereocenters. The normalized spacial score (nSPS) is 11.4. The molecular formula is C17H20N4. The average molecular weight is 280 g/mol. The standard InChI is InChI=1S/C17H20N4/c1-13(2)9-19-10-14-11-20-17(21-8-7-18-12-21)16-6-4-3-5-15(14)16/h3-8,11-13,19H,9-10H2,1-2H3. The van der Waals surface area contributed by atoms with Crippen molar-refractivity contribution in [3.05, 3.63) is 54.7 Å². The predicted molar refractivity (Wildman–Crippen MR) is 85.4 cm³/mol. The monoisotopic (exact) mass is 280 g/mol. The molecule has 4 heteroatoms. The van der Waals surface area contributed by atoms with Crippen LogP contribution in [0.25, 0.3) is 16.6 Å². The van der Waals surface area contributed by atoms with Crippen molar-refractivity contribution < 1.29 is 0 Å². The summed E-state index contributed by atoms with van der Waals surface area (Å²) < 4.78 is 1.95. The molecule has 0 aliphatic rings. The molecule has 1 N–H and O–H groups in total. The molecule has 108 valence electrons. The van der Waals surface area contributed by atoms with Gasteiger partial charge in [-0.2, -0.15) is 0 Å². The van der Waals surface area contributed by atoms with E-state index in [0.717, 1.165) is 24.3 Å². The van der Waals surface area contributed by atoms with Gasteiger partial charge in [0.2, 0.25) is 0 Å². The summed E-state index contributed by atoms with van der Waals surface area (Å²) in [5.74, 6) is 1.57. The molecule has 2 aromatic heterocycles. The quantitative estimate of drug-likeness (QED) is 0.780. The number of nitrogens with zero attached hydrogens (tertiary/aromatic N) is 3. The fourth-order valence-electron chi connectivity index (χ4n) is 2.46. The molecule has 0 saturated heterocycles. The number of hydrogen-bond donors (Lipinski definition) is 1. The van der Waals surface area contributed by atoms with Gasteiger partial charge in [0, 0.05) is 30.5 Å². The number of hydrogen-bond acceptors (Lipinski definition) is 3. The SMILES string of the molecule is CC(C)CNCc1cnc(-n2ccnc2)c2ccccc12. The Kier molecular flexibility index (Phi) is 3.97. The molecule has 1 aromatic carbocycles. The van der Waals surface area contributed by atoms with E-state index in [1.165, 1.54) is 10.9 Å². The van der Waals surface area contributed by atoms with Crippen LogP contribution < -0.4 is 5.32 Å². The average Bonchev–Trinajstić information content (AvgIpc) is 3.01. The van der Waals surface area contributed by atoms with E-state index in [-0.39, 0.29) is 0 Å². The van der Waals surface area contributed by atoms with Crippen LogP contribution in [0.2, 0.25) is 0 Å². The molecule has 0 radical (unpaired) electrons. The first kappa shape index (κ1) is 13.8. The summed E-state index contributed by atoms with van der Waals surface area (Å²) >= 11 is 0. The lowest BCUT2D eigenvalue weighted by atomic mass is 10.1. The van der Waals surface area contributed by atoms with Crippen molar-refractivity contribution in [1.82, 2.24) is 19.9 Å². The fraction of sp³-hybridized carbons (Fsp3) is 0.294. The molecule has 4 nitrogen and oxygen atoms in total. The van der Waals surface area contributed by atoms with Crippen molar-refractivity contribution in [2.75, 3.05) is 6.54 Å². The van der Waals surface area contributed by atoms with Gasteiger partial charge in [-0.15, -0.1) is 0 Å². The summed E-state index contributed by atoms with van der Waals surface area (Å²) in [6.07, 6.45) is 7.44. The number of pyridine rings is 1. The number of imidazole rings is 1. The predicted octanol–water partition coefficient (Wildman–Crippen LogP) is 3.17. The summed E-state index contributed by atoms with van der Waals surface area (Å²) in [6.45, 7) is 6.28. The maximum absolute atomic E-state index is 4.63. The zero-order valence-electron chi connectivity index (χ0n) is 12.5. The minimum absolute atomic E-state index is 0.648. The molecule has 0 saturated carbocycles. The Morgan fingerprint density at radius 2 is 2.00 bits per heavy atom. The molecule has 0 spiro atoms. The third-order valence-corrected chi connectivity index (χ3v) is 3.47. The highest BCUT2D eigenvalue weighted by Crippen LogP contribution is 2.23. The van der Waals surface area contributed by atoms with E-state index in [4.69, 9.17) is 0 Å². The first-order valence-corrected chi connectivity index (χ1v) is 7.31. The van der Waals surface area contributed by atoms with Gasteiger partial charge in [-0.05, 0) is 23.4 Å². The smallest absolute Gasteiger partial charge is 0.145 e. The first-order chi connectivity index (χ1) is 10.3. The second-order valence-electron chi connectivity index (χ2n) is 5.65. The summed E-state index contributed by atoms with van der Waals surface area (Å²) in [5, 5.41) is 5.88. The molecule has 0 atom stereocenters. The molecule has 0 fully saturated rings. The zero-order valence-corrected chi connectivity index (χ0v) is 12.5. The molecule has 2 heterocycles. The lowest BCUT2D eigenvalue weighted by molar-refractivity contribution is 0.553. The van der Waals surface area contributed by atoms with E-state index in [0.29, 0.717) is 5.92 Å². The Bertz CT molecular complexity index is 717. The van der Waals surface area contributed by atoms with E-state index < -0.39 is 0 Å². The van der Waals surface area contributed by atoms with Crippen LogP contribution in [-0.4, -0.2) is 21.1 Å². The molecular weight excluding hydrogens is 260 g/mol. The molecule has 0 aliphatic heterocycles. The lowest BCUT2D eigenvalue weighted by Gasteiger charge is -2.12. The van der Waals surface area contributed by atoms with E-state index >= 15 is 0 Å². The van der Waals surface area contributed by atoms with E-state index in [1.807, 2.05) is 17.0 Å². The Morgan fingerprint density at radius 3 is 2.71 bits per heavy atom. The van der Waals surface area contributed by atoms with Crippen LogP contribution in [0.1, 0.15) is 19.4 Å². The van der Waals surface area contributed by atoms with Crippen molar-refractivity contribution in [3.63, 3.8) is 0 Å². The van der Waals surface area contributed by atoms with Gasteiger partial charge in [-0.25, -0.2) is 9.97 Å². The fourth-order valence-corrected chi connectivity index (χ4v) is 2.46. The third-order valence-electron chi connectivity index (χ3n) is 3.47. The Balaban J connectivity index is 1.99. The number of aromatic nitrogens is 3. The number of rotatable bonds is 5. The summed E-state index contributed by atoms with van der Waals surface area (Å²) in [5.41, 5.74) is 1.23. The van der Waals surface area contributed by atoms with Crippen LogP contribution in [0.5, 0.6) is 0 Å². The largest absolute Gasteiger partial charge is 0.312 e. The van der Waals surface area contributed by atoms with E-state index in [2.05, 4.69) is 53.4 Å². The zero-order chi connectivity index (χ0) is 14.7. The lowest BCUT2D eigenvalue weighted by Crippen LogP contribution is -2.19. The van der Waals surface area contributed by atoms with Gasteiger partial charge in [0.1, 0.15) is 12.1 Å². The molecule has 0 aliphatic carbocycles. The topological polar surface area (TPSA) is 42.7 Å². The Morgan fingerprint density at radius 1 is 1.19 bits per heavy atom. The molecule has 3 aromatic rings. The maximum Gasteiger partial charge on any atom is 0.145 e. The van der Waals surface area contributed by atoms with Crippen LogP contribution in [-0.2, 0) is 6.54 Å². The van der Waals surface area contributed by atoms with Gasteiger partial charge in [-0.1, -0.05) is 38.1 Å². The summed E-state index contributed by atoms with van der Waals surface area (Å²) in [4.78, 5) is 8.74. The van der Waals surface area contributed by atoms with Crippen molar-refractivity contribution in [3.8, 4) is 5.82 Å². The van der Waals surface area contributed by atoms with Gasteiger partial charge in [0.15, 0.2) is 0 Å². The second kappa shape index (κ2) is 6.06. The Labute approximate surface area is 124 Å². The Hall–Kier alpha value is -2.20. The molecule has 3 rings (SSSR count). The molecule has 0 amide bonds. The van der Waals surface area contributed by atoms with Gasteiger partial charge in [-0.3, -0.25) is 4.57 Å². The number of fused-ring (bicyclic) bond motifs is 1. The van der Waals surface area contributed by atoms with Gasteiger partial charge in [0.25, 0.3) is 0 Å². The van der Waals surface area contributed by atoms with Gasteiger partial charge >= 0.3 is 0 Å². The third kappa shape index (κ3) is 2.95. The second-order valence-corrected chi connectivity index (χ2v) is 5.65. The van der Waals surface area contributed by atoms with E-state index in [9.17, 15) is 0 Å². The van der Waals surface area contributed by atoms with Crippen LogP contribution in [0.3, 0.4) is 0 Å². The van der Waals surface area contributed by atoms with Crippen molar-refractivity contribution in [2.24, 2.45) is 5.92 Å². The summed E-state index contributed by atoms with van der Waals surface area (Å²) in [7, 11) is 0. The highest BCUT2D eigenvalue weighted by atomic mass is 15.1. The van der Waals surface area contributed by atoms with Crippen molar-refractivity contribution in [2.45, 2.75) is 20.4 Å². The highest BCUT2D eigenvalue weighted by molar-refractivity contribution is 5.90. The first-order valence-electron chi connectivity index (χ1n) is 7.31. The number of benzene rings is 1. The van der Waals surface area contributed by atoms with E-state index in [1.54, 1.807) is 12.5 Å². The number of nitrogens with one attached hydrogen (secondary N) is 1. The highest BCUT2D eigenvalue weighted by Gasteiger charge is 2.08. The van der Waals surface area contributed by atoms with Crippen molar-refractivity contribution in [1.29, 1.82) is 0 Å². The molecule has 0 bridgehead atoms. The van der Waals surface area contributed by atoms with Gasteiger partial charge < -0.3 is 5.32 Å².